The molecule has 226 valence electrons. The molecule has 0 unspecified atom stereocenters. The number of thioether (sulfide) groups is 1. The number of fused-ring (bicyclic) bond motifs is 1. The van der Waals surface area contributed by atoms with E-state index in [4.69, 9.17) is 9.47 Å². The van der Waals surface area contributed by atoms with E-state index in [-0.39, 0.29) is 41.7 Å². The number of hydrogen-bond acceptors (Lipinski definition) is 12. The van der Waals surface area contributed by atoms with Gasteiger partial charge < -0.3 is 19.5 Å². The van der Waals surface area contributed by atoms with Crippen molar-refractivity contribution in [2.75, 3.05) is 0 Å². The molecule has 2 aliphatic rings. The Morgan fingerprint density at radius 1 is 1.05 bits per heavy atom. The third kappa shape index (κ3) is 5.66. The Bertz CT molecular complexity index is 1670. The highest BCUT2D eigenvalue weighted by molar-refractivity contribution is 8.03. The van der Waals surface area contributed by atoms with E-state index < -0.39 is 45.4 Å². The smallest absolute Gasteiger partial charge is 0.477 e. The molecule has 1 aromatic heterocycles. The largest absolute Gasteiger partial charge is 0.508 e. The molecule has 1 N–H and O–H groups in total. The van der Waals surface area contributed by atoms with Gasteiger partial charge in [0.2, 0.25) is 5.91 Å². The quantitative estimate of drug-likeness (QED) is 0.105. The normalized spacial score (nSPS) is 19.5. The van der Waals surface area contributed by atoms with E-state index in [0.717, 1.165) is 11.8 Å². The van der Waals surface area contributed by atoms with Crippen LogP contribution < -0.4 is 0 Å². The molecule has 2 aromatic carbocycles. The van der Waals surface area contributed by atoms with Gasteiger partial charge in [-0.1, -0.05) is 23.9 Å². The highest BCUT2D eigenvalue weighted by Gasteiger charge is 2.68. The second-order valence-electron chi connectivity index (χ2n) is 9.97. The maximum atomic E-state index is 13.9. The van der Waals surface area contributed by atoms with Crippen molar-refractivity contribution in [3.63, 3.8) is 0 Å². The van der Waals surface area contributed by atoms with Crippen LogP contribution in [0.2, 0.25) is 0 Å². The fourth-order valence-corrected chi connectivity index (χ4v) is 6.34. The van der Waals surface area contributed by atoms with Gasteiger partial charge in [-0.25, -0.2) is 19.6 Å². The Hall–Kier alpha value is -5.38. The summed E-state index contributed by atoms with van der Waals surface area (Å²) in [6, 6.07) is 11.8. The van der Waals surface area contributed by atoms with Gasteiger partial charge in [0.25, 0.3) is 11.4 Å². The molecule has 16 heteroatoms. The fraction of sp³-hybridized carbons (Fsp3) is 0.250. The van der Waals surface area contributed by atoms with Crippen molar-refractivity contribution in [1.82, 2.24) is 14.9 Å². The number of aromatic nitrogens is 2. The van der Waals surface area contributed by atoms with E-state index >= 15 is 0 Å². The van der Waals surface area contributed by atoms with Crippen LogP contribution in [0.3, 0.4) is 0 Å². The first-order valence-corrected chi connectivity index (χ1v) is 13.9. The van der Waals surface area contributed by atoms with Crippen LogP contribution in [0.5, 0.6) is 0 Å². The van der Waals surface area contributed by atoms with Gasteiger partial charge in [-0.3, -0.25) is 25.0 Å². The molecule has 5 rings (SSSR count). The zero-order valence-electron chi connectivity index (χ0n) is 22.9. The predicted octanol–water partition coefficient (Wildman–Crippen LogP) is 4.27. The highest BCUT2D eigenvalue weighted by atomic mass is 32.2. The second-order valence-corrected chi connectivity index (χ2v) is 11.0. The first-order valence-electron chi connectivity index (χ1n) is 13.1. The van der Waals surface area contributed by atoms with Gasteiger partial charge >= 0.3 is 12.1 Å². The number of carboxylic acid groups (broad SMARTS) is 1. The van der Waals surface area contributed by atoms with Crippen LogP contribution in [-0.2, 0) is 32.1 Å². The van der Waals surface area contributed by atoms with Crippen molar-refractivity contribution in [3.05, 3.63) is 109 Å². The van der Waals surface area contributed by atoms with Crippen molar-refractivity contribution in [2.24, 2.45) is 5.41 Å². The van der Waals surface area contributed by atoms with Crippen LogP contribution in [0.4, 0.5) is 16.2 Å². The molecule has 3 aromatic rings. The van der Waals surface area contributed by atoms with Crippen LogP contribution >= 0.6 is 11.8 Å². The van der Waals surface area contributed by atoms with Crippen molar-refractivity contribution in [1.29, 1.82) is 0 Å². The lowest BCUT2D eigenvalue weighted by Crippen LogP contribution is -2.72. The van der Waals surface area contributed by atoms with Crippen LogP contribution in [0, 0.1) is 25.6 Å². The Labute approximate surface area is 252 Å². The molecular weight excluding hydrogens is 598 g/mol. The van der Waals surface area contributed by atoms with Crippen molar-refractivity contribution in [3.8, 4) is 0 Å². The average molecular weight is 622 g/mol. The molecular formula is C28H23N5O10S. The molecule has 2 aliphatic heterocycles. The van der Waals surface area contributed by atoms with Gasteiger partial charge in [-0.2, -0.15) is 0 Å². The van der Waals surface area contributed by atoms with Crippen LogP contribution in [-0.4, -0.2) is 60.0 Å². The Kier molecular flexibility index (Phi) is 8.26. The third-order valence-corrected chi connectivity index (χ3v) is 8.51. The van der Waals surface area contributed by atoms with E-state index in [9.17, 15) is 39.7 Å². The number of carbonyl (C=O) groups is 3. The summed E-state index contributed by atoms with van der Waals surface area (Å²) < 4.78 is 10.8. The van der Waals surface area contributed by atoms with Crippen LogP contribution in [0.1, 0.15) is 24.5 Å². The Morgan fingerprint density at radius 3 is 2.16 bits per heavy atom. The first kappa shape index (κ1) is 30.1. The van der Waals surface area contributed by atoms with Gasteiger partial charge in [0.05, 0.1) is 15.9 Å². The summed E-state index contributed by atoms with van der Waals surface area (Å²) in [4.78, 5) is 69.7. The number of non-ortho nitro benzene ring substituents is 2. The average Bonchev–Trinajstić information content (AvgIpc) is 3.35. The standard InChI is InChI=1S/C28H23N5O10S/c1-16(43-27(37)42-15-18-5-9-20(10-6-18)33(40)41)28(14-17-3-7-19(8-4-17)32(38)39)22-13-21(44-26-29-11-2-12-30-26)23(24(34)35)31(22)25(28)36/h2-12,16,22H,13-15H2,1H3,(H,34,35)/t16-,22+,28+/m1/s1. The summed E-state index contributed by atoms with van der Waals surface area (Å²) in [5, 5.41) is 32.4. The monoisotopic (exact) mass is 621 g/mol. The topological polar surface area (TPSA) is 205 Å². The van der Waals surface area contributed by atoms with Crippen LogP contribution in [0.25, 0.3) is 0 Å². The Morgan fingerprint density at radius 2 is 1.61 bits per heavy atom. The van der Waals surface area contributed by atoms with E-state index in [0.29, 0.717) is 16.0 Å². The lowest BCUT2D eigenvalue weighted by molar-refractivity contribution is -0.385. The first-order chi connectivity index (χ1) is 21.0. The van der Waals surface area contributed by atoms with Gasteiger partial charge in [0.1, 0.15) is 23.8 Å². The SMILES string of the molecule is C[C@@H](OC(=O)OCc1ccc([N+](=O)[O-])cc1)[C@]1(Cc2ccc([N+](=O)[O-])cc2)C(=O)N2C(C(=O)O)=C(Sc3ncccn3)C[C@H]21. The molecule has 1 amide bonds. The van der Waals surface area contributed by atoms with Crippen molar-refractivity contribution in [2.45, 2.75) is 43.7 Å². The Balaban J connectivity index is 1.39. The summed E-state index contributed by atoms with van der Waals surface area (Å²) in [6.07, 6.45) is 0.860. The zero-order valence-corrected chi connectivity index (χ0v) is 23.7. The lowest BCUT2D eigenvalue weighted by atomic mass is 9.63. The second kappa shape index (κ2) is 12.1. The fourth-order valence-electron chi connectivity index (χ4n) is 5.37. The predicted molar refractivity (Wildman–Crippen MR) is 151 cm³/mol. The number of aliphatic carboxylic acids is 1. The molecule has 0 aliphatic carbocycles. The van der Waals surface area contributed by atoms with Crippen molar-refractivity contribution < 1.29 is 38.8 Å². The van der Waals surface area contributed by atoms with Gasteiger partial charge in [0, 0.05) is 48.0 Å². The zero-order chi connectivity index (χ0) is 31.6. The number of carboxylic acids is 1. The number of amides is 1. The minimum absolute atomic E-state index is 0.0194. The maximum Gasteiger partial charge on any atom is 0.508 e. The van der Waals surface area contributed by atoms with Gasteiger partial charge in [-0.15, -0.1) is 0 Å². The summed E-state index contributed by atoms with van der Waals surface area (Å²) in [5.74, 6) is -1.92. The molecule has 0 radical (unpaired) electrons. The summed E-state index contributed by atoms with van der Waals surface area (Å²) in [5.41, 5.74) is -0.951. The maximum absolute atomic E-state index is 13.9. The molecule has 0 bridgehead atoms. The van der Waals surface area contributed by atoms with E-state index in [1.807, 2.05) is 0 Å². The number of nitro groups is 2. The van der Waals surface area contributed by atoms with Gasteiger partial charge in [-0.05, 0) is 42.7 Å². The third-order valence-electron chi connectivity index (χ3n) is 7.51. The summed E-state index contributed by atoms with van der Waals surface area (Å²) in [7, 11) is 0. The number of benzene rings is 2. The van der Waals surface area contributed by atoms with E-state index in [1.165, 1.54) is 72.7 Å². The summed E-state index contributed by atoms with van der Waals surface area (Å²) >= 11 is 1.02. The number of β-lactam (4-membered cyclic amide) rings is 1. The molecule has 0 spiro atoms. The number of rotatable bonds is 11. The molecule has 3 heterocycles. The molecule has 1 saturated heterocycles. The number of nitro benzene ring substituents is 2. The van der Waals surface area contributed by atoms with Crippen LogP contribution in [0.15, 0.2) is 82.7 Å². The number of ether oxygens (including phenoxy) is 2. The highest BCUT2D eigenvalue weighted by Crippen LogP contribution is 2.56. The van der Waals surface area contributed by atoms with Gasteiger partial charge in [0.15, 0.2) is 5.16 Å². The summed E-state index contributed by atoms with van der Waals surface area (Å²) in [6.45, 7) is 1.24. The number of hydrogen-bond donors (Lipinski definition) is 1. The minimum Gasteiger partial charge on any atom is -0.477 e. The molecule has 44 heavy (non-hydrogen) atoms. The minimum atomic E-state index is -1.44. The number of nitrogens with zero attached hydrogens (tertiary/aromatic N) is 5. The van der Waals surface area contributed by atoms with E-state index in [2.05, 4.69) is 9.97 Å². The van der Waals surface area contributed by atoms with E-state index in [1.54, 1.807) is 6.07 Å². The van der Waals surface area contributed by atoms with Crippen molar-refractivity contribution >= 4 is 41.2 Å². The number of carbonyl (C=O) groups excluding carboxylic acids is 2. The molecule has 3 atom stereocenters. The molecule has 15 nitrogen and oxygen atoms in total. The lowest BCUT2D eigenvalue weighted by Gasteiger charge is -2.55. The molecule has 0 saturated carbocycles. The molecule has 1 fully saturated rings.